The number of aromatic nitrogens is 2. The van der Waals surface area contributed by atoms with Gasteiger partial charge in [-0.2, -0.15) is 0 Å². The molecule has 0 aliphatic rings. The summed E-state index contributed by atoms with van der Waals surface area (Å²) in [5.41, 5.74) is 2.36. The van der Waals surface area contributed by atoms with Crippen LogP contribution < -0.4 is 4.73 Å². The van der Waals surface area contributed by atoms with Crippen molar-refractivity contribution < 1.29 is 9.94 Å². The minimum absolute atomic E-state index is 0.0551. The molecule has 1 rings (SSSR count). The van der Waals surface area contributed by atoms with E-state index in [2.05, 4.69) is 5.16 Å². The van der Waals surface area contributed by atoms with Gasteiger partial charge >= 0.3 is 0 Å². The van der Waals surface area contributed by atoms with E-state index < -0.39 is 0 Å². The summed E-state index contributed by atoms with van der Waals surface area (Å²) in [5, 5.41) is 24.1. The number of nitrogens with zero attached hydrogens (tertiary/aromatic N) is 3. The highest BCUT2D eigenvalue weighted by atomic mass is 16.5. The molecule has 1 aromatic heterocycles. The summed E-state index contributed by atoms with van der Waals surface area (Å²) < 4.78 is 2.93. The Labute approximate surface area is 102 Å². The Hall–Kier alpha value is -1.52. The molecule has 17 heavy (non-hydrogen) atoms. The lowest BCUT2D eigenvalue weighted by atomic mass is 10.1. The molecule has 0 saturated heterocycles. The van der Waals surface area contributed by atoms with Crippen LogP contribution in [0, 0.1) is 19.1 Å². The van der Waals surface area contributed by atoms with Gasteiger partial charge in [-0.25, -0.2) is 9.30 Å². The zero-order valence-electron chi connectivity index (χ0n) is 11.2. The molecule has 0 aromatic carbocycles. The van der Waals surface area contributed by atoms with Gasteiger partial charge in [-0.05, 0) is 13.3 Å². The number of oxime groups is 1. The van der Waals surface area contributed by atoms with Gasteiger partial charge in [0, 0.05) is 20.3 Å². The molecule has 1 unspecified atom stereocenters. The molecule has 5 nitrogen and oxygen atoms in total. The van der Waals surface area contributed by atoms with Gasteiger partial charge in [0.1, 0.15) is 17.4 Å². The van der Waals surface area contributed by atoms with Crippen molar-refractivity contribution in [1.82, 2.24) is 4.57 Å². The van der Waals surface area contributed by atoms with Crippen LogP contribution in [-0.4, -0.2) is 15.5 Å². The molecule has 5 heteroatoms. The first-order valence-corrected chi connectivity index (χ1v) is 5.97. The summed E-state index contributed by atoms with van der Waals surface area (Å²) in [6.07, 6.45) is 1.49. The zero-order chi connectivity index (χ0) is 13.2. The molecule has 1 atom stereocenters. The topological polar surface area (TPSA) is 64.5 Å². The van der Waals surface area contributed by atoms with E-state index in [0.29, 0.717) is 18.0 Å². The quantitative estimate of drug-likeness (QED) is 0.287. The van der Waals surface area contributed by atoms with Crippen LogP contribution in [0.1, 0.15) is 50.4 Å². The molecule has 96 valence electrons. The van der Waals surface area contributed by atoms with Crippen molar-refractivity contribution in [3.63, 3.8) is 0 Å². The van der Waals surface area contributed by atoms with Crippen molar-refractivity contribution >= 4 is 5.71 Å². The highest BCUT2D eigenvalue weighted by molar-refractivity contribution is 5.85. The van der Waals surface area contributed by atoms with Crippen molar-refractivity contribution in [2.45, 2.75) is 53.5 Å². The van der Waals surface area contributed by atoms with Crippen LogP contribution in [0.15, 0.2) is 5.16 Å². The Kier molecular flexibility index (Phi) is 4.15. The molecule has 0 aliphatic carbocycles. The second kappa shape index (κ2) is 5.21. The summed E-state index contributed by atoms with van der Waals surface area (Å²) in [4.78, 5) is 0. The van der Waals surface area contributed by atoms with Crippen molar-refractivity contribution in [1.29, 1.82) is 0 Å². The fraction of sp³-hybridized carbons (Fsp3) is 0.667. The average molecular weight is 239 g/mol. The SMILES string of the molecule is CCc1c(C)n(C(CC)C(C)=NO)c(C)[n+]1[O-]. The molecule has 0 radical (unpaired) electrons. The Morgan fingerprint density at radius 1 is 1.47 bits per heavy atom. The van der Waals surface area contributed by atoms with E-state index in [1.807, 2.05) is 25.3 Å². The van der Waals surface area contributed by atoms with E-state index >= 15 is 0 Å². The molecular formula is C12H21N3O2. The van der Waals surface area contributed by atoms with Crippen molar-refractivity contribution in [2.75, 3.05) is 0 Å². The second-order valence-electron chi connectivity index (χ2n) is 4.26. The van der Waals surface area contributed by atoms with E-state index in [9.17, 15) is 5.21 Å². The van der Waals surface area contributed by atoms with Gasteiger partial charge in [-0.3, -0.25) is 0 Å². The van der Waals surface area contributed by atoms with Crippen LogP contribution in [-0.2, 0) is 6.42 Å². The molecule has 0 saturated carbocycles. The van der Waals surface area contributed by atoms with Gasteiger partial charge in [-0.15, -0.1) is 0 Å². The fourth-order valence-electron chi connectivity index (χ4n) is 2.41. The number of rotatable bonds is 4. The Balaban J connectivity index is 3.40. The monoisotopic (exact) mass is 239 g/mol. The molecule has 1 heterocycles. The molecule has 0 aliphatic heterocycles. The third kappa shape index (κ3) is 2.14. The van der Waals surface area contributed by atoms with Crippen LogP contribution in [0.3, 0.4) is 0 Å². The normalized spacial score (nSPS) is 14.1. The first kappa shape index (κ1) is 13.5. The summed E-state index contributed by atoms with van der Waals surface area (Å²) in [5.74, 6) is 0.647. The van der Waals surface area contributed by atoms with Crippen LogP contribution >= 0.6 is 0 Å². The minimum Gasteiger partial charge on any atom is -0.711 e. The second-order valence-corrected chi connectivity index (χ2v) is 4.26. The largest absolute Gasteiger partial charge is 0.711 e. The molecule has 0 fully saturated rings. The van der Waals surface area contributed by atoms with Crippen molar-refractivity contribution in [3.05, 3.63) is 22.4 Å². The van der Waals surface area contributed by atoms with E-state index in [4.69, 9.17) is 5.21 Å². The maximum Gasteiger partial charge on any atom is 0.257 e. The van der Waals surface area contributed by atoms with Gasteiger partial charge < -0.3 is 10.4 Å². The molecule has 1 aromatic rings. The summed E-state index contributed by atoms with van der Waals surface area (Å²) in [6.45, 7) is 9.49. The Morgan fingerprint density at radius 2 is 2.06 bits per heavy atom. The summed E-state index contributed by atoms with van der Waals surface area (Å²) in [6, 6.07) is -0.0551. The Morgan fingerprint density at radius 3 is 2.41 bits per heavy atom. The predicted octanol–water partition coefficient (Wildman–Crippen LogP) is 2.10. The lowest BCUT2D eigenvalue weighted by Crippen LogP contribution is -2.33. The minimum atomic E-state index is -0.0551. The van der Waals surface area contributed by atoms with Gasteiger partial charge in [0.25, 0.3) is 5.82 Å². The highest BCUT2D eigenvalue weighted by Crippen LogP contribution is 2.20. The molecule has 0 amide bonds. The van der Waals surface area contributed by atoms with Gasteiger partial charge in [0.15, 0.2) is 0 Å². The molecule has 0 bridgehead atoms. The predicted molar refractivity (Wildman–Crippen MR) is 66.5 cm³/mol. The van der Waals surface area contributed by atoms with Crippen LogP contribution in [0.5, 0.6) is 0 Å². The number of hydrogen-bond donors (Lipinski definition) is 1. The van der Waals surface area contributed by atoms with E-state index in [1.165, 1.54) is 0 Å². The summed E-state index contributed by atoms with van der Waals surface area (Å²) >= 11 is 0. The molecule has 0 spiro atoms. The smallest absolute Gasteiger partial charge is 0.257 e. The molecular weight excluding hydrogens is 218 g/mol. The van der Waals surface area contributed by atoms with Crippen LogP contribution in [0.25, 0.3) is 0 Å². The van der Waals surface area contributed by atoms with Crippen molar-refractivity contribution in [2.24, 2.45) is 5.16 Å². The highest BCUT2D eigenvalue weighted by Gasteiger charge is 2.27. The van der Waals surface area contributed by atoms with E-state index in [1.54, 1.807) is 13.8 Å². The maximum absolute atomic E-state index is 12.0. The van der Waals surface area contributed by atoms with E-state index in [-0.39, 0.29) is 6.04 Å². The standard InChI is InChI=1S/C12H21N3O2/c1-6-11(8(3)13-16)14-9(4)12(7-2)15(17)10(14)5/h11,16H,6-7H2,1-5H3. The van der Waals surface area contributed by atoms with Gasteiger partial charge in [-0.1, -0.05) is 19.0 Å². The lowest BCUT2D eigenvalue weighted by Gasteiger charge is -2.13. The van der Waals surface area contributed by atoms with Crippen LogP contribution in [0.4, 0.5) is 0 Å². The van der Waals surface area contributed by atoms with E-state index in [0.717, 1.165) is 22.5 Å². The summed E-state index contributed by atoms with van der Waals surface area (Å²) in [7, 11) is 0. The first-order chi connectivity index (χ1) is 7.99. The van der Waals surface area contributed by atoms with Crippen molar-refractivity contribution in [3.8, 4) is 0 Å². The number of hydrogen-bond acceptors (Lipinski definition) is 3. The van der Waals surface area contributed by atoms with Gasteiger partial charge in [0.05, 0.1) is 5.71 Å². The first-order valence-electron chi connectivity index (χ1n) is 5.97. The third-order valence-corrected chi connectivity index (χ3v) is 3.34. The average Bonchev–Trinajstić information content (AvgIpc) is 2.53. The van der Waals surface area contributed by atoms with Crippen LogP contribution in [0.2, 0.25) is 0 Å². The fourth-order valence-corrected chi connectivity index (χ4v) is 2.41. The maximum atomic E-state index is 12.0. The third-order valence-electron chi connectivity index (χ3n) is 3.34. The zero-order valence-corrected chi connectivity index (χ0v) is 11.2. The lowest BCUT2D eigenvalue weighted by molar-refractivity contribution is -0.620. The molecule has 1 N–H and O–H groups in total. The number of imidazole rings is 1. The Bertz CT molecular complexity index is 435. The van der Waals surface area contributed by atoms with Gasteiger partial charge in [0.2, 0.25) is 0 Å².